The molecule has 1 N–H and O–H groups in total. The summed E-state index contributed by atoms with van der Waals surface area (Å²) in [6, 6.07) is 5.75. The summed E-state index contributed by atoms with van der Waals surface area (Å²) in [6.45, 7) is 7.12. The molecular weight excluding hydrogens is 469 g/mol. The Morgan fingerprint density at radius 1 is 1.15 bits per heavy atom. The largest absolute Gasteiger partial charge is 0.474 e. The lowest BCUT2D eigenvalue weighted by Crippen LogP contribution is -2.51. The Morgan fingerprint density at radius 2 is 1.82 bits per heavy atom. The van der Waals surface area contributed by atoms with Gasteiger partial charge in [-0.3, -0.25) is 9.10 Å². The maximum absolute atomic E-state index is 13.2. The number of hydrogen-bond acceptors (Lipinski definition) is 5. The first-order valence-electron chi connectivity index (χ1n) is 11.1. The molecule has 2 aliphatic heterocycles. The zero-order chi connectivity index (χ0) is 24.5. The minimum Gasteiger partial charge on any atom is -0.474 e. The maximum Gasteiger partial charge on any atom is 0.416 e. The van der Waals surface area contributed by atoms with Crippen LogP contribution in [-0.4, -0.2) is 58.3 Å². The van der Waals surface area contributed by atoms with Gasteiger partial charge in [0.15, 0.2) is 11.0 Å². The predicted molar refractivity (Wildman–Crippen MR) is 122 cm³/mol. The summed E-state index contributed by atoms with van der Waals surface area (Å²) in [5, 5.41) is 3.04. The predicted octanol–water partition coefficient (Wildman–Crippen LogP) is 3.63. The molecule has 0 saturated carbocycles. The van der Waals surface area contributed by atoms with Gasteiger partial charge < -0.3 is 15.0 Å². The average Bonchev–Trinajstić information content (AvgIpc) is 3.29. The minimum atomic E-state index is -4.47. The Labute approximate surface area is 198 Å². The highest BCUT2D eigenvalue weighted by Gasteiger charge is 2.32. The van der Waals surface area contributed by atoms with Crippen molar-refractivity contribution in [1.29, 1.82) is 0 Å². The van der Waals surface area contributed by atoms with Crippen LogP contribution in [0.3, 0.4) is 0 Å². The van der Waals surface area contributed by atoms with Crippen molar-refractivity contribution in [2.75, 3.05) is 37.1 Å². The summed E-state index contributed by atoms with van der Waals surface area (Å²) in [7, 11) is -1.80. The van der Waals surface area contributed by atoms with Crippen LogP contribution in [0.1, 0.15) is 42.6 Å². The number of likely N-dealkylation sites (tertiary alicyclic amines) is 1. The van der Waals surface area contributed by atoms with Gasteiger partial charge in [0.25, 0.3) is 5.91 Å². The molecule has 2 aromatic rings. The highest BCUT2D eigenvalue weighted by Crippen LogP contribution is 2.34. The van der Waals surface area contributed by atoms with Crippen LogP contribution in [0.15, 0.2) is 41.4 Å². The fraction of sp³-hybridized carbons (Fsp3) is 0.478. The Morgan fingerprint density at radius 3 is 2.47 bits per heavy atom. The van der Waals surface area contributed by atoms with Crippen molar-refractivity contribution in [3.8, 4) is 5.88 Å². The van der Waals surface area contributed by atoms with Crippen LogP contribution in [0.2, 0.25) is 0 Å². The Bertz CT molecular complexity index is 1070. The van der Waals surface area contributed by atoms with Gasteiger partial charge in [-0.05, 0) is 70.1 Å². The van der Waals surface area contributed by atoms with Crippen LogP contribution in [-0.2, 0) is 17.2 Å². The third kappa shape index (κ3) is 5.52. The number of alkyl halides is 3. The molecule has 0 bridgehead atoms. The van der Waals surface area contributed by atoms with Crippen molar-refractivity contribution in [1.82, 2.24) is 15.2 Å². The molecule has 7 nitrogen and oxygen atoms in total. The van der Waals surface area contributed by atoms with Crippen molar-refractivity contribution >= 4 is 22.6 Å². The molecule has 1 aromatic heterocycles. The third-order valence-corrected chi connectivity index (χ3v) is 7.20. The first kappa shape index (κ1) is 24.5. The van der Waals surface area contributed by atoms with Crippen LogP contribution >= 0.6 is 0 Å². The molecular formula is C23H27F3N4O3S. The van der Waals surface area contributed by atoms with E-state index >= 15 is 0 Å². The van der Waals surface area contributed by atoms with E-state index in [-0.39, 0.29) is 35.4 Å². The number of halogens is 3. The van der Waals surface area contributed by atoms with E-state index in [1.165, 1.54) is 22.6 Å². The Hall–Kier alpha value is -2.66. The topological polar surface area (TPSA) is 74.8 Å². The Kier molecular flexibility index (Phi) is 6.86. The van der Waals surface area contributed by atoms with Gasteiger partial charge in [-0.25, -0.2) is 9.19 Å². The summed E-state index contributed by atoms with van der Waals surface area (Å²) in [5.74, 6) is -0.0929. The molecule has 1 aromatic carbocycles. The molecule has 3 heterocycles. The van der Waals surface area contributed by atoms with Gasteiger partial charge in [0.05, 0.1) is 22.6 Å². The van der Waals surface area contributed by atoms with Gasteiger partial charge in [-0.15, -0.1) is 0 Å². The van der Waals surface area contributed by atoms with E-state index in [4.69, 9.17) is 4.74 Å². The molecule has 1 fully saturated rings. The first-order valence-corrected chi connectivity index (χ1v) is 12.2. The van der Waals surface area contributed by atoms with Gasteiger partial charge in [-0.1, -0.05) is 0 Å². The summed E-state index contributed by atoms with van der Waals surface area (Å²) in [4.78, 5) is 19.7. The lowest BCUT2D eigenvalue weighted by atomic mass is 10.0. The monoisotopic (exact) mass is 496 g/mol. The van der Waals surface area contributed by atoms with Crippen LogP contribution in [0.25, 0.3) is 0 Å². The molecule has 4 rings (SSSR count). The number of benzene rings is 1. The van der Waals surface area contributed by atoms with Crippen molar-refractivity contribution < 1.29 is 26.9 Å². The van der Waals surface area contributed by atoms with E-state index in [2.05, 4.69) is 15.2 Å². The van der Waals surface area contributed by atoms with Crippen molar-refractivity contribution in [3.63, 3.8) is 0 Å². The number of pyridine rings is 1. The molecule has 0 radical (unpaired) electrons. The number of nitrogens with one attached hydrogen (secondary N) is 1. The number of hydrogen-bond donors (Lipinski definition) is 1. The zero-order valence-corrected chi connectivity index (χ0v) is 19.8. The maximum atomic E-state index is 13.2. The van der Waals surface area contributed by atoms with Crippen molar-refractivity contribution in [3.05, 3.63) is 47.7 Å². The zero-order valence-electron chi connectivity index (χ0n) is 19.0. The molecule has 1 unspecified atom stereocenters. The normalized spacial score (nSPS) is 17.7. The highest BCUT2D eigenvalue weighted by molar-refractivity contribution is 7.86. The molecule has 0 aliphatic carbocycles. The number of anilines is 1. The summed E-state index contributed by atoms with van der Waals surface area (Å²) in [6.07, 6.45) is -0.750. The van der Waals surface area contributed by atoms with Crippen LogP contribution in [0.4, 0.5) is 18.9 Å². The molecule has 1 amide bonds. The van der Waals surface area contributed by atoms with E-state index in [0.717, 1.165) is 44.6 Å². The van der Waals surface area contributed by atoms with Crippen molar-refractivity contribution in [2.45, 2.75) is 43.3 Å². The molecule has 34 heavy (non-hydrogen) atoms. The number of carbonyl (C=O) groups is 1. The van der Waals surface area contributed by atoms with E-state index in [0.29, 0.717) is 5.69 Å². The molecule has 0 spiro atoms. The van der Waals surface area contributed by atoms with E-state index < -0.39 is 28.3 Å². The lowest BCUT2D eigenvalue weighted by Gasteiger charge is -2.32. The Balaban J connectivity index is 1.53. The quantitative estimate of drug-likeness (QED) is 0.661. The van der Waals surface area contributed by atoms with E-state index in [1.54, 1.807) is 6.07 Å². The minimum absolute atomic E-state index is 0.209. The van der Waals surface area contributed by atoms with Crippen molar-refractivity contribution in [2.24, 2.45) is 0 Å². The lowest BCUT2D eigenvalue weighted by molar-refractivity contribution is -0.137. The van der Waals surface area contributed by atoms with E-state index in [9.17, 15) is 22.2 Å². The first-order chi connectivity index (χ1) is 16.0. The van der Waals surface area contributed by atoms with Gasteiger partial charge in [0.1, 0.15) is 12.3 Å². The van der Waals surface area contributed by atoms with Gasteiger partial charge in [-0.2, -0.15) is 13.2 Å². The number of ether oxygens (including phenoxy) is 1. The van der Waals surface area contributed by atoms with Gasteiger partial charge in [0.2, 0.25) is 5.88 Å². The van der Waals surface area contributed by atoms with Gasteiger partial charge in [0, 0.05) is 18.3 Å². The number of fused-ring (bicyclic) bond motifs is 1. The summed E-state index contributed by atoms with van der Waals surface area (Å²) < 4.78 is 58.8. The second kappa shape index (κ2) is 9.53. The molecule has 184 valence electrons. The second-order valence-corrected chi connectivity index (χ2v) is 10.5. The number of nitrogens with zero attached hydrogens (tertiary/aromatic N) is 3. The molecule has 2 aliphatic rings. The molecule has 1 saturated heterocycles. The third-order valence-electron chi connectivity index (χ3n) is 5.75. The van der Waals surface area contributed by atoms with Gasteiger partial charge >= 0.3 is 6.18 Å². The summed E-state index contributed by atoms with van der Waals surface area (Å²) >= 11 is 0. The molecule has 1 atom stereocenters. The highest BCUT2D eigenvalue weighted by atomic mass is 32.2. The average molecular weight is 497 g/mol. The van der Waals surface area contributed by atoms with Crippen LogP contribution < -0.4 is 14.4 Å². The number of rotatable bonds is 6. The fourth-order valence-electron chi connectivity index (χ4n) is 4.18. The second-order valence-electron chi connectivity index (χ2n) is 9.09. The summed E-state index contributed by atoms with van der Waals surface area (Å²) in [5.41, 5.74) is -0.633. The molecule has 11 heteroatoms. The number of carbonyl (C=O) groups excluding carboxylic acids is 1. The number of aromatic nitrogens is 1. The smallest absolute Gasteiger partial charge is 0.416 e. The van der Waals surface area contributed by atoms with Crippen LogP contribution in [0.5, 0.6) is 5.88 Å². The fourth-order valence-corrected chi connectivity index (χ4v) is 5.35. The standard InChI is InChI=1S/C23H27F3N4O3S/c1-22(2,15-29-9-3-4-10-29)28-20(31)16-13-19-21(27-14-16)33-12-11-30(19)34(32)18-7-5-17(6-8-18)23(24,25)26/h5-8,13-14H,3-4,9-12,15H2,1-2H3,(H,28,31). The number of amides is 1. The van der Waals surface area contributed by atoms with Crippen LogP contribution in [0, 0.1) is 0 Å². The van der Waals surface area contributed by atoms with E-state index in [1.807, 2.05) is 13.8 Å². The SMILES string of the molecule is CC(C)(CN1CCCC1)NC(=O)c1cnc2c(c1)N(S(=O)c1ccc(C(F)(F)F)cc1)CCO2.